The van der Waals surface area contributed by atoms with Crippen LogP contribution in [0.15, 0.2) is 24.3 Å². The molecule has 1 heterocycles. The first-order valence-electron chi connectivity index (χ1n) is 5.82. The lowest BCUT2D eigenvalue weighted by atomic mass is 10.0. The smallest absolute Gasteiger partial charge is 0.321 e. The highest BCUT2D eigenvalue weighted by Crippen LogP contribution is 2.26. The van der Waals surface area contributed by atoms with E-state index in [2.05, 4.69) is 0 Å². The molecule has 0 bridgehead atoms. The summed E-state index contributed by atoms with van der Waals surface area (Å²) in [6, 6.07) is 6.53. The van der Waals surface area contributed by atoms with E-state index in [0.717, 1.165) is 18.5 Å². The second-order valence-electron chi connectivity index (χ2n) is 4.69. The maximum atomic E-state index is 11.2. The maximum absolute atomic E-state index is 11.2. The monoisotopic (exact) mass is 235 g/mol. The van der Waals surface area contributed by atoms with E-state index in [-0.39, 0.29) is 17.7 Å². The number of phenolic OH excluding ortho intramolecular Hbond substituents is 1. The third-order valence-electron chi connectivity index (χ3n) is 3.38. The average molecular weight is 235 g/mol. The Morgan fingerprint density at radius 3 is 2.65 bits per heavy atom. The Bertz CT molecular complexity index is 402. The minimum atomic E-state index is -0.742. The fraction of sp³-hybridized carbons (Fsp3) is 0.462. The summed E-state index contributed by atoms with van der Waals surface area (Å²) < 4.78 is 0. The van der Waals surface area contributed by atoms with Crippen LogP contribution in [0, 0.1) is 5.92 Å². The Morgan fingerprint density at radius 1 is 1.41 bits per heavy atom. The van der Waals surface area contributed by atoms with Gasteiger partial charge in [-0.3, -0.25) is 9.69 Å². The molecule has 0 spiro atoms. The standard InChI is InChI=1S/C13H17NO3/c1-9-6-7-14(12(9)13(16)17)8-10-2-4-11(15)5-3-10/h2-5,9,12,15H,6-8H2,1H3,(H,16,17). The van der Waals surface area contributed by atoms with Gasteiger partial charge >= 0.3 is 5.97 Å². The second kappa shape index (κ2) is 4.75. The van der Waals surface area contributed by atoms with Gasteiger partial charge in [0.25, 0.3) is 0 Å². The number of aliphatic carboxylic acids is 1. The zero-order valence-corrected chi connectivity index (χ0v) is 9.84. The Labute approximate surface area is 100 Å². The summed E-state index contributed by atoms with van der Waals surface area (Å²) in [7, 11) is 0. The van der Waals surface area contributed by atoms with Gasteiger partial charge in [-0.15, -0.1) is 0 Å². The van der Waals surface area contributed by atoms with Crippen molar-refractivity contribution in [1.82, 2.24) is 4.90 Å². The molecule has 0 amide bonds. The molecule has 2 unspecified atom stereocenters. The Morgan fingerprint density at radius 2 is 2.06 bits per heavy atom. The zero-order chi connectivity index (χ0) is 12.4. The van der Waals surface area contributed by atoms with Crippen LogP contribution in [0.1, 0.15) is 18.9 Å². The van der Waals surface area contributed by atoms with Crippen molar-refractivity contribution in [2.45, 2.75) is 25.9 Å². The maximum Gasteiger partial charge on any atom is 0.321 e. The predicted molar refractivity (Wildman–Crippen MR) is 63.7 cm³/mol. The van der Waals surface area contributed by atoms with Gasteiger partial charge in [-0.25, -0.2) is 0 Å². The van der Waals surface area contributed by atoms with Crippen LogP contribution in [0.2, 0.25) is 0 Å². The van der Waals surface area contributed by atoms with E-state index in [1.807, 2.05) is 24.0 Å². The molecule has 4 nitrogen and oxygen atoms in total. The first kappa shape index (κ1) is 11.9. The lowest BCUT2D eigenvalue weighted by Gasteiger charge is -2.23. The van der Waals surface area contributed by atoms with E-state index >= 15 is 0 Å². The molecule has 4 heteroatoms. The highest BCUT2D eigenvalue weighted by molar-refractivity contribution is 5.74. The van der Waals surface area contributed by atoms with Crippen LogP contribution < -0.4 is 0 Å². The number of rotatable bonds is 3. The molecule has 1 aliphatic rings. The molecule has 0 aliphatic carbocycles. The first-order valence-corrected chi connectivity index (χ1v) is 5.82. The summed E-state index contributed by atoms with van der Waals surface area (Å²) in [6.07, 6.45) is 0.926. The minimum absolute atomic E-state index is 0.199. The first-order chi connectivity index (χ1) is 8.08. The SMILES string of the molecule is CC1CCN(Cc2ccc(O)cc2)C1C(=O)O. The number of likely N-dealkylation sites (tertiary alicyclic amines) is 1. The molecule has 92 valence electrons. The minimum Gasteiger partial charge on any atom is -0.508 e. The molecule has 1 saturated heterocycles. The van der Waals surface area contributed by atoms with E-state index in [9.17, 15) is 15.0 Å². The summed E-state index contributed by atoms with van der Waals surface area (Å²) in [6.45, 7) is 3.43. The van der Waals surface area contributed by atoms with Gasteiger partial charge in [0.2, 0.25) is 0 Å². The molecule has 1 fully saturated rings. The average Bonchev–Trinajstić information content (AvgIpc) is 2.63. The number of hydrogen-bond donors (Lipinski definition) is 2. The summed E-state index contributed by atoms with van der Waals surface area (Å²) >= 11 is 0. The number of carbonyl (C=O) groups is 1. The molecule has 0 saturated carbocycles. The normalized spacial score (nSPS) is 25.0. The van der Waals surface area contributed by atoms with Crippen molar-refractivity contribution >= 4 is 5.97 Å². The Hall–Kier alpha value is -1.55. The molecular formula is C13H17NO3. The van der Waals surface area contributed by atoms with Crippen molar-refractivity contribution in [3.63, 3.8) is 0 Å². The molecule has 2 N–H and O–H groups in total. The van der Waals surface area contributed by atoms with Gasteiger partial charge in [-0.05, 0) is 36.6 Å². The fourth-order valence-electron chi connectivity index (χ4n) is 2.44. The number of phenols is 1. The van der Waals surface area contributed by atoms with Crippen LogP contribution in [0.5, 0.6) is 5.75 Å². The van der Waals surface area contributed by atoms with E-state index in [4.69, 9.17) is 0 Å². The summed E-state index contributed by atoms with van der Waals surface area (Å²) in [4.78, 5) is 13.2. The number of carboxylic acids is 1. The van der Waals surface area contributed by atoms with Crippen LogP contribution in [0.25, 0.3) is 0 Å². The van der Waals surface area contributed by atoms with Crippen molar-refractivity contribution < 1.29 is 15.0 Å². The molecule has 2 atom stereocenters. The lowest BCUT2D eigenvalue weighted by Crippen LogP contribution is -2.38. The summed E-state index contributed by atoms with van der Waals surface area (Å²) in [5, 5.41) is 18.4. The third kappa shape index (κ3) is 2.58. The van der Waals surface area contributed by atoms with Gasteiger partial charge < -0.3 is 10.2 Å². The summed E-state index contributed by atoms with van der Waals surface area (Å²) in [5.41, 5.74) is 1.03. The fourth-order valence-corrected chi connectivity index (χ4v) is 2.44. The highest BCUT2D eigenvalue weighted by atomic mass is 16.4. The van der Waals surface area contributed by atoms with Gasteiger partial charge in [0.1, 0.15) is 11.8 Å². The summed E-state index contributed by atoms with van der Waals surface area (Å²) in [5.74, 6) is -0.309. The molecule has 17 heavy (non-hydrogen) atoms. The van der Waals surface area contributed by atoms with Crippen molar-refractivity contribution in [3.8, 4) is 5.75 Å². The van der Waals surface area contributed by atoms with Gasteiger partial charge in [-0.2, -0.15) is 0 Å². The lowest BCUT2D eigenvalue weighted by molar-refractivity contribution is -0.143. The molecule has 0 aromatic heterocycles. The second-order valence-corrected chi connectivity index (χ2v) is 4.69. The van der Waals surface area contributed by atoms with Crippen molar-refractivity contribution in [3.05, 3.63) is 29.8 Å². The largest absolute Gasteiger partial charge is 0.508 e. The molecule has 1 aliphatic heterocycles. The van der Waals surface area contributed by atoms with Crippen molar-refractivity contribution in [2.75, 3.05) is 6.54 Å². The predicted octanol–water partition coefficient (Wildman–Crippen LogP) is 1.69. The van der Waals surface area contributed by atoms with Gasteiger partial charge in [0.15, 0.2) is 0 Å². The Balaban J connectivity index is 2.08. The number of benzene rings is 1. The van der Waals surface area contributed by atoms with Crippen LogP contribution in [-0.2, 0) is 11.3 Å². The number of carboxylic acid groups (broad SMARTS) is 1. The van der Waals surface area contributed by atoms with Crippen molar-refractivity contribution in [2.24, 2.45) is 5.92 Å². The van der Waals surface area contributed by atoms with E-state index in [1.165, 1.54) is 0 Å². The van der Waals surface area contributed by atoms with Crippen LogP contribution in [0.3, 0.4) is 0 Å². The van der Waals surface area contributed by atoms with E-state index in [1.54, 1.807) is 12.1 Å². The number of nitrogens with zero attached hydrogens (tertiary/aromatic N) is 1. The van der Waals surface area contributed by atoms with E-state index in [0.29, 0.717) is 6.54 Å². The number of aromatic hydroxyl groups is 1. The van der Waals surface area contributed by atoms with Crippen LogP contribution in [-0.4, -0.2) is 33.7 Å². The molecule has 0 radical (unpaired) electrons. The van der Waals surface area contributed by atoms with Crippen molar-refractivity contribution in [1.29, 1.82) is 0 Å². The number of hydrogen-bond acceptors (Lipinski definition) is 3. The van der Waals surface area contributed by atoms with Gasteiger partial charge in [0.05, 0.1) is 0 Å². The van der Waals surface area contributed by atoms with Gasteiger partial charge in [-0.1, -0.05) is 19.1 Å². The quantitative estimate of drug-likeness (QED) is 0.837. The van der Waals surface area contributed by atoms with Crippen LogP contribution >= 0.6 is 0 Å². The highest BCUT2D eigenvalue weighted by Gasteiger charge is 2.36. The molecule has 1 aromatic carbocycles. The third-order valence-corrected chi connectivity index (χ3v) is 3.38. The van der Waals surface area contributed by atoms with Crippen LogP contribution in [0.4, 0.5) is 0 Å². The Kier molecular flexibility index (Phi) is 3.33. The zero-order valence-electron chi connectivity index (χ0n) is 9.84. The molecular weight excluding hydrogens is 218 g/mol. The molecule has 1 aromatic rings. The molecule has 2 rings (SSSR count). The van der Waals surface area contributed by atoms with Gasteiger partial charge in [0, 0.05) is 6.54 Å². The van der Waals surface area contributed by atoms with E-state index < -0.39 is 5.97 Å². The topological polar surface area (TPSA) is 60.8 Å².